The van der Waals surface area contributed by atoms with Crippen molar-refractivity contribution in [3.63, 3.8) is 0 Å². The van der Waals surface area contributed by atoms with Crippen LogP contribution >= 0.6 is 0 Å². The van der Waals surface area contributed by atoms with Crippen LogP contribution < -0.4 is 10.6 Å². The number of aryl methyl sites for hydroxylation is 2. The number of hydrogen-bond donors (Lipinski definition) is 2. The Hall–Kier alpha value is -2.90. The van der Waals surface area contributed by atoms with Crippen LogP contribution in [0.2, 0.25) is 0 Å². The van der Waals surface area contributed by atoms with Crippen LogP contribution in [0.5, 0.6) is 0 Å². The molecule has 1 aliphatic heterocycles. The smallest absolute Gasteiger partial charge is 0.325 e. The van der Waals surface area contributed by atoms with Crippen molar-refractivity contribution < 1.29 is 18.8 Å². The van der Waals surface area contributed by atoms with Crippen LogP contribution in [0, 0.1) is 6.92 Å². The highest BCUT2D eigenvalue weighted by Gasteiger charge is 2.29. The van der Waals surface area contributed by atoms with Gasteiger partial charge in [0.2, 0.25) is 5.91 Å². The van der Waals surface area contributed by atoms with E-state index in [2.05, 4.69) is 15.6 Å². The molecule has 0 aliphatic carbocycles. The van der Waals surface area contributed by atoms with Gasteiger partial charge in [-0.3, -0.25) is 14.5 Å². The minimum absolute atomic E-state index is 0.0523. The van der Waals surface area contributed by atoms with Gasteiger partial charge in [-0.15, -0.1) is 0 Å². The standard InChI is InChI=1S/C16H18N4O4/c1-10-4-5-11-12(7-10)24-14(19-11)3-2-6-17-13(21)9-20-15(22)8-18-16(20)23/h4-5,7H,2-3,6,8-9H2,1H3,(H,17,21)(H,18,23). The van der Waals surface area contributed by atoms with Crippen molar-refractivity contribution >= 4 is 28.9 Å². The summed E-state index contributed by atoms with van der Waals surface area (Å²) in [6.45, 7) is 2.10. The summed E-state index contributed by atoms with van der Waals surface area (Å²) in [5, 5.41) is 5.05. The van der Waals surface area contributed by atoms with E-state index < -0.39 is 11.9 Å². The van der Waals surface area contributed by atoms with Crippen LogP contribution in [0.15, 0.2) is 22.6 Å². The van der Waals surface area contributed by atoms with E-state index >= 15 is 0 Å². The van der Waals surface area contributed by atoms with Gasteiger partial charge in [0, 0.05) is 13.0 Å². The molecule has 0 saturated carbocycles. The molecule has 126 valence electrons. The molecule has 1 fully saturated rings. The maximum atomic E-state index is 11.8. The summed E-state index contributed by atoms with van der Waals surface area (Å²) < 4.78 is 5.66. The number of carbonyl (C=O) groups excluding carboxylic acids is 3. The highest BCUT2D eigenvalue weighted by molar-refractivity contribution is 6.04. The zero-order chi connectivity index (χ0) is 17.1. The first-order chi connectivity index (χ1) is 11.5. The number of fused-ring (bicyclic) bond motifs is 1. The van der Waals surface area contributed by atoms with Crippen molar-refractivity contribution in [3.05, 3.63) is 29.7 Å². The van der Waals surface area contributed by atoms with Crippen molar-refractivity contribution in [3.8, 4) is 0 Å². The Kier molecular flexibility index (Phi) is 4.45. The fraction of sp³-hybridized carbons (Fsp3) is 0.375. The highest BCUT2D eigenvalue weighted by Crippen LogP contribution is 2.17. The van der Waals surface area contributed by atoms with Gasteiger partial charge in [-0.25, -0.2) is 9.78 Å². The molecule has 8 nitrogen and oxygen atoms in total. The lowest BCUT2D eigenvalue weighted by Gasteiger charge is -2.11. The van der Waals surface area contributed by atoms with Crippen LogP contribution in [-0.2, 0) is 16.0 Å². The van der Waals surface area contributed by atoms with Crippen molar-refractivity contribution in [1.82, 2.24) is 20.5 Å². The van der Waals surface area contributed by atoms with Gasteiger partial charge in [0.05, 0.1) is 6.54 Å². The molecule has 0 radical (unpaired) electrons. The largest absolute Gasteiger partial charge is 0.441 e. The van der Waals surface area contributed by atoms with E-state index in [1.54, 1.807) is 0 Å². The SMILES string of the molecule is Cc1ccc2nc(CCCNC(=O)CN3C(=O)CNC3=O)oc2c1. The summed E-state index contributed by atoms with van der Waals surface area (Å²) in [6, 6.07) is 5.30. The van der Waals surface area contributed by atoms with E-state index in [0.29, 0.717) is 25.3 Å². The lowest BCUT2D eigenvalue weighted by atomic mass is 10.2. The number of imide groups is 1. The van der Waals surface area contributed by atoms with Crippen LogP contribution in [0.1, 0.15) is 17.9 Å². The van der Waals surface area contributed by atoms with Gasteiger partial charge in [-0.2, -0.15) is 0 Å². The molecule has 3 rings (SSSR count). The first kappa shape index (κ1) is 16.0. The Morgan fingerprint density at radius 1 is 1.42 bits per heavy atom. The van der Waals surface area contributed by atoms with E-state index in [4.69, 9.17) is 4.42 Å². The predicted octanol–water partition coefficient (Wildman–Crippen LogP) is 0.737. The molecule has 0 atom stereocenters. The van der Waals surface area contributed by atoms with E-state index in [1.165, 1.54) is 0 Å². The monoisotopic (exact) mass is 330 g/mol. The topological polar surface area (TPSA) is 105 Å². The molecule has 2 heterocycles. The third-order valence-corrected chi connectivity index (χ3v) is 3.72. The average Bonchev–Trinajstić information content (AvgIpc) is 3.08. The third-order valence-electron chi connectivity index (χ3n) is 3.72. The highest BCUT2D eigenvalue weighted by atomic mass is 16.3. The molecule has 4 amide bonds. The molecule has 1 aliphatic rings. The number of urea groups is 1. The number of rotatable bonds is 6. The van der Waals surface area contributed by atoms with Crippen molar-refractivity contribution in [2.24, 2.45) is 0 Å². The lowest BCUT2D eigenvalue weighted by molar-refractivity contribution is -0.130. The Bertz CT molecular complexity index is 782. The Morgan fingerprint density at radius 2 is 2.25 bits per heavy atom. The van der Waals surface area contributed by atoms with Crippen LogP contribution in [-0.4, -0.2) is 47.4 Å². The summed E-state index contributed by atoms with van der Waals surface area (Å²) in [5.74, 6) is -0.135. The van der Waals surface area contributed by atoms with Gasteiger partial charge in [-0.05, 0) is 31.0 Å². The Labute approximate surface area is 138 Å². The van der Waals surface area contributed by atoms with Gasteiger partial charge >= 0.3 is 6.03 Å². The number of carbonyl (C=O) groups is 3. The van der Waals surface area contributed by atoms with Gasteiger partial charge in [0.25, 0.3) is 5.91 Å². The number of oxazole rings is 1. The summed E-state index contributed by atoms with van der Waals surface area (Å²) in [4.78, 5) is 39.8. The fourth-order valence-electron chi connectivity index (χ4n) is 2.47. The van der Waals surface area contributed by atoms with Crippen molar-refractivity contribution in [2.75, 3.05) is 19.6 Å². The maximum Gasteiger partial charge on any atom is 0.325 e. The molecular weight excluding hydrogens is 312 g/mol. The molecule has 0 unspecified atom stereocenters. The Balaban J connectivity index is 1.43. The normalized spacial score (nSPS) is 14.3. The van der Waals surface area contributed by atoms with E-state index in [9.17, 15) is 14.4 Å². The van der Waals surface area contributed by atoms with Gasteiger partial charge in [-0.1, -0.05) is 6.07 Å². The molecule has 1 aromatic heterocycles. The molecule has 1 aromatic carbocycles. The van der Waals surface area contributed by atoms with Crippen molar-refractivity contribution in [2.45, 2.75) is 19.8 Å². The first-order valence-electron chi connectivity index (χ1n) is 7.74. The second kappa shape index (κ2) is 6.69. The molecule has 1 saturated heterocycles. The summed E-state index contributed by atoms with van der Waals surface area (Å²) in [6.07, 6.45) is 1.24. The molecule has 2 N–H and O–H groups in total. The minimum Gasteiger partial charge on any atom is -0.441 e. The average molecular weight is 330 g/mol. The number of hydrogen-bond acceptors (Lipinski definition) is 5. The number of nitrogens with one attached hydrogen (secondary N) is 2. The number of aromatic nitrogens is 1. The predicted molar refractivity (Wildman–Crippen MR) is 85.2 cm³/mol. The summed E-state index contributed by atoms with van der Waals surface area (Å²) in [5.41, 5.74) is 2.68. The molecule has 0 spiro atoms. The number of benzene rings is 1. The number of nitrogens with zero attached hydrogens (tertiary/aromatic N) is 2. The lowest BCUT2D eigenvalue weighted by Crippen LogP contribution is -2.41. The van der Waals surface area contributed by atoms with E-state index in [0.717, 1.165) is 21.6 Å². The molecule has 24 heavy (non-hydrogen) atoms. The van der Waals surface area contributed by atoms with Crippen molar-refractivity contribution in [1.29, 1.82) is 0 Å². The first-order valence-corrected chi connectivity index (χ1v) is 7.74. The van der Waals surface area contributed by atoms with E-state index in [-0.39, 0.29) is 19.0 Å². The zero-order valence-corrected chi connectivity index (χ0v) is 13.3. The minimum atomic E-state index is -0.531. The van der Waals surface area contributed by atoms with Gasteiger partial charge < -0.3 is 15.1 Å². The second-order valence-electron chi connectivity index (χ2n) is 5.67. The van der Waals surface area contributed by atoms with Gasteiger partial charge in [0.1, 0.15) is 12.1 Å². The quantitative estimate of drug-likeness (QED) is 0.600. The van der Waals surface area contributed by atoms with Crippen LogP contribution in [0.3, 0.4) is 0 Å². The molecule has 2 aromatic rings. The second-order valence-corrected chi connectivity index (χ2v) is 5.67. The van der Waals surface area contributed by atoms with Gasteiger partial charge in [0.15, 0.2) is 11.5 Å². The summed E-state index contributed by atoms with van der Waals surface area (Å²) >= 11 is 0. The Morgan fingerprint density at radius 3 is 3.00 bits per heavy atom. The van der Waals surface area contributed by atoms with Crippen LogP contribution in [0.25, 0.3) is 11.1 Å². The number of amides is 4. The molecule has 0 bridgehead atoms. The zero-order valence-electron chi connectivity index (χ0n) is 13.3. The summed E-state index contributed by atoms with van der Waals surface area (Å²) in [7, 11) is 0. The molecule has 8 heteroatoms. The van der Waals surface area contributed by atoms with E-state index in [1.807, 2.05) is 25.1 Å². The van der Waals surface area contributed by atoms with Crippen LogP contribution in [0.4, 0.5) is 4.79 Å². The fourth-order valence-corrected chi connectivity index (χ4v) is 2.47. The third kappa shape index (κ3) is 3.53. The molecular formula is C16H18N4O4. The maximum absolute atomic E-state index is 11.8.